The molecule has 1 aliphatic rings. The number of halogens is 2. The van der Waals surface area contributed by atoms with E-state index in [1.165, 1.54) is 21.5 Å². The molecule has 1 aromatic heterocycles. The first kappa shape index (κ1) is 23.7. The van der Waals surface area contributed by atoms with E-state index < -0.39 is 11.7 Å². The molecule has 9 heteroatoms. The molecule has 0 spiro atoms. The summed E-state index contributed by atoms with van der Waals surface area (Å²) in [6.07, 6.45) is 0.323. The Morgan fingerprint density at radius 3 is 2.69 bits per heavy atom. The quantitative estimate of drug-likeness (QED) is 0.346. The van der Waals surface area contributed by atoms with Gasteiger partial charge in [0.05, 0.1) is 29.1 Å². The molecule has 0 saturated heterocycles. The van der Waals surface area contributed by atoms with E-state index in [0.29, 0.717) is 29.2 Å². The lowest BCUT2D eigenvalue weighted by Crippen LogP contribution is -2.28. The SMILES string of the molecule is COc1cccc2c1Oc1c(c(=O)n(-c3ccc(C)cc3C)n1CC(=O)Nc1ccc(F)cc1Cl)C2. The number of carbonyl (C=O) groups excluding carboxylic acids is 1. The van der Waals surface area contributed by atoms with E-state index in [1.54, 1.807) is 13.2 Å². The molecule has 1 aliphatic heterocycles. The summed E-state index contributed by atoms with van der Waals surface area (Å²) in [5.41, 5.74) is 3.77. The van der Waals surface area contributed by atoms with Crippen molar-refractivity contribution in [3.63, 3.8) is 0 Å². The number of para-hydroxylation sites is 1. The molecular formula is C27H23ClFN3O4. The Labute approximate surface area is 211 Å². The molecule has 0 unspecified atom stereocenters. The highest BCUT2D eigenvalue weighted by Gasteiger charge is 2.31. The van der Waals surface area contributed by atoms with Crippen LogP contribution in [0.1, 0.15) is 22.3 Å². The number of nitrogens with zero attached hydrogens (tertiary/aromatic N) is 2. The normalized spacial score (nSPS) is 11.9. The fraction of sp³-hybridized carbons (Fsp3) is 0.185. The van der Waals surface area contributed by atoms with E-state index in [0.717, 1.165) is 22.8 Å². The number of nitrogens with one attached hydrogen (secondary N) is 1. The molecule has 2 heterocycles. The van der Waals surface area contributed by atoms with Gasteiger partial charge >= 0.3 is 0 Å². The second-order valence-corrected chi connectivity index (χ2v) is 9.06. The molecule has 5 rings (SSSR count). The molecule has 4 aromatic rings. The Balaban J connectivity index is 1.62. The van der Waals surface area contributed by atoms with Gasteiger partial charge in [0.2, 0.25) is 11.8 Å². The number of hydrogen-bond acceptors (Lipinski definition) is 4. The Bertz CT molecular complexity index is 1570. The van der Waals surface area contributed by atoms with Gasteiger partial charge in [-0.1, -0.05) is 41.4 Å². The van der Waals surface area contributed by atoms with Crippen LogP contribution in [0, 0.1) is 19.7 Å². The molecule has 0 atom stereocenters. The van der Waals surface area contributed by atoms with Crippen LogP contribution in [0.25, 0.3) is 5.69 Å². The van der Waals surface area contributed by atoms with Crippen LogP contribution < -0.4 is 20.3 Å². The van der Waals surface area contributed by atoms with Gasteiger partial charge in [0.1, 0.15) is 12.4 Å². The lowest BCUT2D eigenvalue weighted by atomic mass is 10.0. The number of rotatable bonds is 5. The number of amides is 1. The summed E-state index contributed by atoms with van der Waals surface area (Å²) < 4.78 is 28.1. The fourth-order valence-corrected chi connectivity index (χ4v) is 4.66. The maximum atomic E-state index is 13.7. The number of anilines is 1. The zero-order valence-corrected chi connectivity index (χ0v) is 20.6. The van der Waals surface area contributed by atoms with Crippen molar-refractivity contribution in [2.24, 2.45) is 0 Å². The van der Waals surface area contributed by atoms with Crippen molar-refractivity contribution in [1.82, 2.24) is 9.36 Å². The summed E-state index contributed by atoms with van der Waals surface area (Å²) >= 11 is 6.09. The van der Waals surface area contributed by atoms with Crippen molar-refractivity contribution in [3.05, 3.63) is 98.0 Å². The number of aryl methyl sites for hydroxylation is 2. The van der Waals surface area contributed by atoms with Gasteiger partial charge in [0.25, 0.3) is 5.56 Å². The van der Waals surface area contributed by atoms with Gasteiger partial charge in [-0.15, -0.1) is 0 Å². The van der Waals surface area contributed by atoms with Crippen molar-refractivity contribution in [3.8, 4) is 23.1 Å². The van der Waals surface area contributed by atoms with Crippen LogP contribution in [0.3, 0.4) is 0 Å². The summed E-state index contributed by atoms with van der Waals surface area (Å²) in [6.45, 7) is 3.62. The summed E-state index contributed by atoms with van der Waals surface area (Å²) in [7, 11) is 1.54. The average molecular weight is 508 g/mol. The number of carbonyl (C=O) groups is 1. The lowest BCUT2D eigenvalue weighted by Gasteiger charge is -2.21. The summed E-state index contributed by atoms with van der Waals surface area (Å²) in [4.78, 5) is 26.8. The summed E-state index contributed by atoms with van der Waals surface area (Å²) in [5.74, 6) is 0.314. The number of hydrogen-bond donors (Lipinski definition) is 1. The van der Waals surface area contributed by atoms with Crippen molar-refractivity contribution in [1.29, 1.82) is 0 Å². The molecule has 0 bridgehead atoms. The zero-order chi connectivity index (χ0) is 25.6. The third kappa shape index (κ3) is 4.13. The van der Waals surface area contributed by atoms with Crippen molar-refractivity contribution in [2.45, 2.75) is 26.8 Å². The third-order valence-electron chi connectivity index (χ3n) is 6.11. The molecule has 3 aromatic carbocycles. The number of ether oxygens (including phenoxy) is 2. The predicted molar refractivity (Wildman–Crippen MR) is 135 cm³/mol. The number of benzene rings is 3. The molecular weight excluding hydrogens is 485 g/mol. The smallest absolute Gasteiger partial charge is 0.278 e. The van der Waals surface area contributed by atoms with Crippen molar-refractivity contribution < 1.29 is 18.7 Å². The molecule has 7 nitrogen and oxygen atoms in total. The van der Waals surface area contributed by atoms with Gasteiger partial charge in [-0.2, -0.15) is 0 Å². The Hall–Kier alpha value is -4.04. The van der Waals surface area contributed by atoms with Gasteiger partial charge in [0, 0.05) is 12.0 Å². The minimum Gasteiger partial charge on any atom is -0.493 e. The second-order valence-electron chi connectivity index (χ2n) is 8.65. The van der Waals surface area contributed by atoms with E-state index in [2.05, 4.69) is 5.32 Å². The monoisotopic (exact) mass is 507 g/mol. The van der Waals surface area contributed by atoms with Crippen molar-refractivity contribution >= 4 is 23.2 Å². The van der Waals surface area contributed by atoms with Gasteiger partial charge in [0.15, 0.2) is 11.5 Å². The Morgan fingerprint density at radius 1 is 1.17 bits per heavy atom. The van der Waals surface area contributed by atoms with Crippen LogP contribution in [0.5, 0.6) is 17.4 Å². The van der Waals surface area contributed by atoms with Gasteiger partial charge in [-0.25, -0.2) is 13.8 Å². The van der Waals surface area contributed by atoms with Crippen LogP contribution in [-0.4, -0.2) is 22.4 Å². The predicted octanol–water partition coefficient (Wildman–Crippen LogP) is 5.39. The number of fused-ring (bicyclic) bond motifs is 2. The Kier molecular flexibility index (Phi) is 6.05. The van der Waals surface area contributed by atoms with Crippen LogP contribution >= 0.6 is 11.6 Å². The first-order valence-electron chi connectivity index (χ1n) is 11.3. The maximum Gasteiger partial charge on any atom is 0.278 e. The topological polar surface area (TPSA) is 74.5 Å². The standard InChI is InChI=1S/C27H23ClFN3O4/c1-15-7-10-22(16(2)11-15)32-26(34)19-12-17-5-4-6-23(35-3)25(17)36-27(19)31(32)14-24(33)30-21-9-8-18(29)13-20(21)28/h4-11,13H,12,14H2,1-3H3,(H,30,33). The van der Waals surface area contributed by atoms with E-state index in [9.17, 15) is 14.0 Å². The first-order valence-corrected chi connectivity index (χ1v) is 11.7. The fourth-order valence-electron chi connectivity index (χ4n) is 4.45. The van der Waals surface area contributed by atoms with E-state index in [4.69, 9.17) is 21.1 Å². The number of methoxy groups -OCH3 is 1. The average Bonchev–Trinajstić information content (AvgIpc) is 3.09. The summed E-state index contributed by atoms with van der Waals surface area (Å²) in [5, 5.41) is 2.76. The van der Waals surface area contributed by atoms with Gasteiger partial charge < -0.3 is 14.8 Å². The van der Waals surface area contributed by atoms with Crippen LogP contribution in [0.4, 0.5) is 10.1 Å². The molecule has 0 saturated carbocycles. The van der Waals surface area contributed by atoms with E-state index >= 15 is 0 Å². The van der Waals surface area contributed by atoms with E-state index in [1.807, 2.05) is 44.2 Å². The van der Waals surface area contributed by atoms with Crippen LogP contribution in [0.15, 0.2) is 59.4 Å². The Morgan fingerprint density at radius 2 is 1.97 bits per heavy atom. The van der Waals surface area contributed by atoms with Crippen LogP contribution in [-0.2, 0) is 17.8 Å². The molecule has 1 N–H and O–H groups in total. The molecule has 0 fully saturated rings. The largest absolute Gasteiger partial charge is 0.493 e. The van der Waals surface area contributed by atoms with E-state index in [-0.39, 0.29) is 28.7 Å². The number of aromatic nitrogens is 2. The van der Waals surface area contributed by atoms with Gasteiger partial charge in [-0.05, 0) is 49.7 Å². The first-order chi connectivity index (χ1) is 17.3. The zero-order valence-electron chi connectivity index (χ0n) is 19.9. The highest BCUT2D eigenvalue weighted by atomic mass is 35.5. The van der Waals surface area contributed by atoms with Crippen molar-refractivity contribution in [2.75, 3.05) is 12.4 Å². The molecule has 0 radical (unpaired) electrons. The van der Waals surface area contributed by atoms with Crippen LogP contribution in [0.2, 0.25) is 5.02 Å². The minimum absolute atomic E-state index is 0.0690. The second kappa shape index (κ2) is 9.20. The maximum absolute atomic E-state index is 13.7. The lowest BCUT2D eigenvalue weighted by molar-refractivity contribution is -0.117. The highest BCUT2D eigenvalue weighted by molar-refractivity contribution is 6.33. The molecule has 0 aliphatic carbocycles. The summed E-state index contributed by atoms with van der Waals surface area (Å²) in [6, 6.07) is 14.9. The molecule has 1 amide bonds. The minimum atomic E-state index is -0.512. The third-order valence-corrected chi connectivity index (χ3v) is 6.42. The van der Waals surface area contributed by atoms with Gasteiger partial charge in [-0.3, -0.25) is 9.59 Å². The molecule has 36 heavy (non-hydrogen) atoms. The highest BCUT2D eigenvalue weighted by Crippen LogP contribution is 2.42. The molecule has 184 valence electrons.